The van der Waals surface area contributed by atoms with E-state index in [1.807, 2.05) is 24.0 Å². The first kappa shape index (κ1) is 12.4. The van der Waals surface area contributed by atoms with Crippen molar-refractivity contribution in [3.05, 3.63) is 23.9 Å². The summed E-state index contributed by atoms with van der Waals surface area (Å²) in [6.07, 6.45) is 4.30. The molecule has 2 unspecified atom stereocenters. The van der Waals surface area contributed by atoms with E-state index in [4.69, 9.17) is 4.74 Å². The fourth-order valence-corrected chi connectivity index (χ4v) is 2.84. The number of likely N-dealkylation sites (tertiary alicyclic amines) is 1. The first-order valence-electron chi connectivity index (χ1n) is 6.91. The molecule has 5 nitrogen and oxygen atoms in total. The molecule has 2 aliphatic heterocycles. The number of ether oxygens (including phenoxy) is 1. The molecule has 0 aromatic carbocycles. The fourth-order valence-electron chi connectivity index (χ4n) is 2.84. The van der Waals surface area contributed by atoms with Gasteiger partial charge in [0.05, 0.1) is 17.8 Å². The summed E-state index contributed by atoms with van der Waals surface area (Å²) in [6, 6.07) is 3.65. The molecule has 1 amide bonds. The van der Waals surface area contributed by atoms with Gasteiger partial charge in [-0.25, -0.2) is 4.98 Å². The molecule has 1 N–H and O–H groups in total. The molecule has 0 aliphatic carbocycles. The summed E-state index contributed by atoms with van der Waals surface area (Å²) in [7, 11) is 0. The number of rotatable bonds is 3. The van der Waals surface area contributed by atoms with Crippen LogP contribution >= 0.6 is 0 Å². The predicted molar refractivity (Wildman–Crippen MR) is 72.2 cm³/mol. The van der Waals surface area contributed by atoms with Crippen molar-refractivity contribution in [2.45, 2.75) is 32.0 Å². The maximum absolute atomic E-state index is 12.6. The predicted octanol–water partition coefficient (Wildman–Crippen LogP) is 1.52. The normalized spacial score (nSPS) is 25.4. The molecule has 1 aromatic rings. The van der Waals surface area contributed by atoms with Gasteiger partial charge in [0, 0.05) is 25.8 Å². The van der Waals surface area contributed by atoms with Crippen LogP contribution in [0, 0.1) is 0 Å². The summed E-state index contributed by atoms with van der Waals surface area (Å²) < 4.78 is 5.77. The number of hydrogen-bond acceptors (Lipinski definition) is 4. The summed E-state index contributed by atoms with van der Waals surface area (Å²) in [5, 5.41) is 3.14. The summed E-state index contributed by atoms with van der Waals surface area (Å²) in [6.45, 7) is 4.16. The Labute approximate surface area is 113 Å². The van der Waals surface area contributed by atoms with E-state index >= 15 is 0 Å². The van der Waals surface area contributed by atoms with Gasteiger partial charge in [-0.3, -0.25) is 4.79 Å². The van der Waals surface area contributed by atoms with E-state index in [0.717, 1.165) is 19.4 Å². The Hall–Kier alpha value is -1.62. The van der Waals surface area contributed by atoms with Gasteiger partial charge in [0.2, 0.25) is 0 Å². The van der Waals surface area contributed by atoms with Gasteiger partial charge in [-0.15, -0.1) is 0 Å². The van der Waals surface area contributed by atoms with Gasteiger partial charge in [0.15, 0.2) is 0 Å². The van der Waals surface area contributed by atoms with Crippen LogP contribution in [-0.2, 0) is 4.74 Å². The number of carbonyl (C=O) groups is 1. The molecule has 2 atom stereocenters. The van der Waals surface area contributed by atoms with E-state index in [1.54, 1.807) is 6.20 Å². The lowest BCUT2D eigenvalue weighted by molar-refractivity contribution is -0.0303. The van der Waals surface area contributed by atoms with E-state index < -0.39 is 0 Å². The van der Waals surface area contributed by atoms with Crippen molar-refractivity contribution in [3.63, 3.8) is 0 Å². The molecule has 0 radical (unpaired) electrons. The van der Waals surface area contributed by atoms with Gasteiger partial charge in [0.25, 0.3) is 5.91 Å². The van der Waals surface area contributed by atoms with Crippen LogP contribution in [0.15, 0.2) is 18.3 Å². The van der Waals surface area contributed by atoms with Gasteiger partial charge >= 0.3 is 0 Å². The summed E-state index contributed by atoms with van der Waals surface area (Å²) in [5.41, 5.74) is 0.658. The number of nitrogens with zero attached hydrogens (tertiary/aromatic N) is 2. The van der Waals surface area contributed by atoms with Crippen LogP contribution < -0.4 is 5.32 Å². The van der Waals surface area contributed by atoms with Crippen molar-refractivity contribution in [1.82, 2.24) is 9.88 Å². The lowest BCUT2D eigenvalue weighted by atomic mass is 10.2. The van der Waals surface area contributed by atoms with Crippen LogP contribution in [0.3, 0.4) is 0 Å². The maximum atomic E-state index is 12.6. The standard InChI is InChI=1S/C14H19N3O2/c1-2-15-13-12(4-3-7-16-13)14(18)17-8-10-5-6-11(9-17)19-10/h3-4,7,10-11H,2,5-6,8-9H2,1H3,(H,15,16). The smallest absolute Gasteiger partial charge is 0.257 e. The molecule has 5 heteroatoms. The third-order valence-electron chi connectivity index (χ3n) is 3.71. The first-order chi connectivity index (χ1) is 9.28. The maximum Gasteiger partial charge on any atom is 0.257 e. The van der Waals surface area contributed by atoms with E-state index in [-0.39, 0.29) is 18.1 Å². The van der Waals surface area contributed by atoms with E-state index in [0.29, 0.717) is 24.5 Å². The summed E-state index contributed by atoms with van der Waals surface area (Å²) in [4.78, 5) is 18.8. The Morgan fingerprint density at radius 1 is 1.47 bits per heavy atom. The van der Waals surface area contributed by atoms with Gasteiger partial charge in [-0.1, -0.05) is 0 Å². The lowest BCUT2D eigenvalue weighted by Crippen LogP contribution is -2.46. The molecule has 2 bridgehead atoms. The third-order valence-corrected chi connectivity index (χ3v) is 3.71. The Morgan fingerprint density at radius 3 is 2.89 bits per heavy atom. The second-order valence-corrected chi connectivity index (χ2v) is 5.10. The minimum absolute atomic E-state index is 0.0595. The average molecular weight is 261 g/mol. The van der Waals surface area contributed by atoms with Crippen LogP contribution in [-0.4, -0.2) is 47.6 Å². The van der Waals surface area contributed by atoms with Crippen LogP contribution in [0.4, 0.5) is 5.82 Å². The quantitative estimate of drug-likeness (QED) is 0.896. The number of fused-ring (bicyclic) bond motifs is 2. The molecule has 1 aromatic heterocycles. The van der Waals surface area contributed by atoms with Crippen molar-refractivity contribution >= 4 is 11.7 Å². The average Bonchev–Trinajstić information content (AvgIpc) is 2.78. The number of pyridine rings is 1. The summed E-state index contributed by atoms with van der Waals surface area (Å²) >= 11 is 0. The molecule has 3 rings (SSSR count). The van der Waals surface area contributed by atoms with Crippen LogP contribution in [0.5, 0.6) is 0 Å². The molecular formula is C14H19N3O2. The highest BCUT2D eigenvalue weighted by molar-refractivity contribution is 5.98. The number of anilines is 1. The van der Waals surface area contributed by atoms with E-state index in [2.05, 4.69) is 10.3 Å². The molecule has 19 heavy (non-hydrogen) atoms. The minimum atomic E-state index is 0.0595. The topological polar surface area (TPSA) is 54.5 Å². The zero-order valence-electron chi connectivity index (χ0n) is 11.1. The van der Waals surface area contributed by atoms with Crippen molar-refractivity contribution in [2.75, 3.05) is 25.0 Å². The van der Waals surface area contributed by atoms with Crippen molar-refractivity contribution < 1.29 is 9.53 Å². The zero-order valence-corrected chi connectivity index (χ0v) is 11.1. The molecule has 2 fully saturated rings. The van der Waals surface area contributed by atoms with Crippen LogP contribution in [0.2, 0.25) is 0 Å². The second-order valence-electron chi connectivity index (χ2n) is 5.10. The highest BCUT2D eigenvalue weighted by Gasteiger charge is 2.36. The van der Waals surface area contributed by atoms with Crippen molar-refractivity contribution in [2.24, 2.45) is 0 Å². The van der Waals surface area contributed by atoms with Gasteiger partial charge in [-0.05, 0) is 31.9 Å². The van der Waals surface area contributed by atoms with Crippen LogP contribution in [0.1, 0.15) is 30.1 Å². The largest absolute Gasteiger partial charge is 0.371 e. The molecule has 3 heterocycles. The zero-order chi connectivity index (χ0) is 13.2. The van der Waals surface area contributed by atoms with E-state index in [9.17, 15) is 4.79 Å². The van der Waals surface area contributed by atoms with Crippen LogP contribution in [0.25, 0.3) is 0 Å². The third kappa shape index (κ3) is 2.42. The Bertz CT molecular complexity index is 466. The monoisotopic (exact) mass is 261 g/mol. The first-order valence-corrected chi connectivity index (χ1v) is 6.91. The van der Waals surface area contributed by atoms with E-state index in [1.165, 1.54) is 0 Å². The molecule has 102 valence electrons. The molecule has 0 saturated carbocycles. The minimum Gasteiger partial charge on any atom is -0.371 e. The summed E-state index contributed by atoms with van der Waals surface area (Å²) in [5.74, 6) is 0.734. The van der Waals surface area contributed by atoms with Crippen molar-refractivity contribution in [1.29, 1.82) is 0 Å². The SMILES string of the molecule is CCNc1ncccc1C(=O)N1CC2CCC(C1)O2. The lowest BCUT2D eigenvalue weighted by Gasteiger charge is -2.32. The highest BCUT2D eigenvalue weighted by atomic mass is 16.5. The Morgan fingerprint density at radius 2 is 2.21 bits per heavy atom. The molecule has 2 saturated heterocycles. The van der Waals surface area contributed by atoms with Crippen molar-refractivity contribution in [3.8, 4) is 0 Å². The second kappa shape index (κ2) is 5.17. The Kier molecular flexibility index (Phi) is 3.38. The number of nitrogens with one attached hydrogen (secondary N) is 1. The molecule has 0 spiro atoms. The number of hydrogen-bond donors (Lipinski definition) is 1. The highest BCUT2D eigenvalue weighted by Crippen LogP contribution is 2.27. The number of morpholine rings is 1. The number of amides is 1. The number of carbonyl (C=O) groups excluding carboxylic acids is 1. The molecule has 2 aliphatic rings. The fraction of sp³-hybridized carbons (Fsp3) is 0.571. The number of aromatic nitrogens is 1. The van der Waals surface area contributed by atoms with Gasteiger partial charge in [-0.2, -0.15) is 0 Å². The van der Waals surface area contributed by atoms with Gasteiger partial charge < -0.3 is 15.0 Å². The molecular weight excluding hydrogens is 242 g/mol. The van der Waals surface area contributed by atoms with Gasteiger partial charge in [0.1, 0.15) is 5.82 Å². The Balaban J connectivity index is 1.80.